The highest BCUT2D eigenvalue weighted by atomic mass is 15.2. The van der Waals surface area contributed by atoms with Crippen LogP contribution in [0.4, 0.5) is 5.95 Å². The van der Waals surface area contributed by atoms with Crippen molar-refractivity contribution in [1.82, 2.24) is 9.55 Å². The van der Waals surface area contributed by atoms with Gasteiger partial charge in [0.15, 0.2) is 0 Å². The minimum Gasteiger partial charge on any atom is -0.353 e. The van der Waals surface area contributed by atoms with Crippen molar-refractivity contribution in [2.75, 3.05) is 5.32 Å². The van der Waals surface area contributed by atoms with E-state index in [4.69, 9.17) is 0 Å². The van der Waals surface area contributed by atoms with Crippen LogP contribution in [0.25, 0.3) is 0 Å². The smallest absolute Gasteiger partial charge is 0.203 e. The lowest BCUT2D eigenvalue weighted by Crippen LogP contribution is -2.31. The van der Waals surface area contributed by atoms with Crippen LogP contribution in [0.1, 0.15) is 58.2 Å². The van der Waals surface area contributed by atoms with Gasteiger partial charge in [0.25, 0.3) is 0 Å². The zero-order chi connectivity index (χ0) is 12.4. The summed E-state index contributed by atoms with van der Waals surface area (Å²) in [7, 11) is 0. The molecule has 1 N–H and O–H groups in total. The van der Waals surface area contributed by atoms with Crippen LogP contribution >= 0.6 is 0 Å². The Labute approximate surface area is 105 Å². The van der Waals surface area contributed by atoms with E-state index >= 15 is 0 Å². The summed E-state index contributed by atoms with van der Waals surface area (Å²) in [6.07, 6.45) is 7.51. The summed E-state index contributed by atoms with van der Waals surface area (Å²) in [5.74, 6) is 1.82. The number of anilines is 1. The van der Waals surface area contributed by atoms with Crippen molar-refractivity contribution in [3.8, 4) is 0 Å². The van der Waals surface area contributed by atoms with Gasteiger partial charge in [-0.1, -0.05) is 19.8 Å². The van der Waals surface area contributed by atoms with Gasteiger partial charge in [0, 0.05) is 18.3 Å². The second-order valence-electron chi connectivity index (χ2n) is 5.72. The first kappa shape index (κ1) is 12.5. The standard InChI is InChI=1S/C14H25N3/c1-10(2)17-9-12(4)15-14(17)16-13-8-6-5-7-11(13)3/h9-11,13H,5-8H2,1-4H3,(H,15,16). The summed E-state index contributed by atoms with van der Waals surface area (Å²) in [5, 5.41) is 3.65. The van der Waals surface area contributed by atoms with E-state index in [9.17, 15) is 0 Å². The summed E-state index contributed by atoms with van der Waals surface area (Å²) in [6, 6.07) is 1.07. The molecule has 2 unspecified atom stereocenters. The van der Waals surface area contributed by atoms with E-state index in [1.165, 1.54) is 25.7 Å². The average Bonchev–Trinajstić information content (AvgIpc) is 2.63. The van der Waals surface area contributed by atoms with Crippen molar-refractivity contribution in [2.24, 2.45) is 5.92 Å². The molecule has 17 heavy (non-hydrogen) atoms. The molecule has 2 rings (SSSR count). The van der Waals surface area contributed by atoms with Crippen molar-refractivity contribution in [1.29, 1.82) is 0 Å². The Bertz CT molecular complexity index is 368. The van der Waals surface area contributed by atoms with Crippen molar-refractivity contribution < 1.29 is 0 Å². The predicted molar refractivity (Wildman–Crippen MR) is 72.4 cm³/mol. The van der Waals surface area contributed by atoms with Crippen LogP contribution in [0.3, 0.4) is 0 Å². The number of hydrogen-bond acceptors (Lipinski definition) is 2. The second kappa shape index (κ2) is 5.11. The van der Waals surface area contributed by atoms with Gasteiger partial charge in [0.2, 0.25) is 5.95 Å². The third kappa shape index (κ3) is 2.82. The van der Waals surface area contributed by atoms with E-state index in [1.807, 2.05) is 0 Å². The number of aryl methyl sites for hydroxylation is 1. The Morgan fingerprint density at radius 3 is 2.71 bits per heavy atom. The highest BCUT2D eigenvalue weighted by Gasteiger charge is 2.22. The molecule has 1 fully saturated rings. The fraction of sp³-hybridized carbons (Fsp3) is 0.786. The van der Waals surface area contributed by atoms with Gasteiger partial charge in [-0.05, 0) is 39.5 Å². The maximum absolute atomic E-state index is 4.61. The van der Waals surface area contributed by atoms with Crippen LogP contribution < -0.4 is 5.32 Å². The molecule has 0 spiro atoms. The molecular formula is C14H25N3. The Morgan fingerprint density at radius 1 is 1.35 bits per heavy atom. The first-order chi connectivity index (χ1) is 8.08. The van der Waals surface area contributed by atoms with E-state index in [-0.39, 0.29) is 0 Å². The first-order valence-electron chi connectivity index (χ1n) is 6.90. The molecule has 1 aromatic rings. The van der Waals surface area contributed by atoms with Crippen molar-refractivity contribution in [3.63, 3.8) is 0 Å². The van der Waals surface area contributed by atoms with Gasteiger partial charge in [-0.25, -0.2) is 4.98 Å². The van der Waals surface area contributed by atoms with Gasteiger partial charge >= 0.3 is 0 Å². The molecule has 0 aliphatic heterocycles. The molecule has 1 saturated carbocycles. The summed E-state index contributed by atoms with van der Waals surface area (Å²) >= 11 is 0. The lowest BCUT2D eigenvalue weighted by molar-refractivity contribution is 0.347. The molecule has 0 amide bonds. The number of imidazole rings is 1. The summed E-state index contributed by atoms with van der Waals surface area (Å²) < 4.78 is 2.25. The fourth-order valence-corrected chi connectivity index (χ4v) is 2.71. The largest absolute Gasteiger partial charge is 0.353 e. The molecule has 1 aliphatic rings. The topological polar surface area (TPSA) is 29.9 Å². The normalized spacial score (nSPS) is 25.2. The van der Waals surface area contributed by atoms with Crippen LogP contribution in [0.2, 0.25) is 0 Å². The maximum atomic E-state index is 4.61. The van der Waals surface area contributed by atoms with Crippen molar-refractivity contribution in [3.05, 3.63) is 11.9 Å². The summed E-state index contributed by atoms with van der Waals surface area (Å²) in [4.78, 5) is 4.61. The zero-order valence-corrected chi connectivity index (χ0v) is 11.5. The molecule has 0 aromatic carbocycles. The van der Waals surface area contributed by atoms with Crippen LogP contribution in [0.5, 0.6) is 0 Å². The average molecular weight is 235 g/mol. The van der Waals surface area contributed by atoms with E-state index in [0.29, 0.717) is 12.1 Å². The molecule has 3 nitrogen and oxygen atoms in total. The van der Waals surface area contributed by atoms with Gasteiger partial charge in [-0.3, -0.25) is 0 Å². The van der Waals surface area contributed by atoms with Crippen LogP contribution in [0, 0.1) is 12.8 Å². The Hall–Kier alpha value is -0.990. The number of rotatable bonds is 3. The molecular weight excluding hydrogens is 210 g/mol. The lowest BCUT2D eigenvalue weighted by Gasteiger charge is -2.30. The summed E-state index contributed by atoms with van der Waals surface area (Å²) in [5.41, 5.74) is 1.10. The number of hydrogen-bond donors (Lipinski definition) is 1. The fourth-order valence-electron chi connectivity index (χ4n) is 2.71. The number of nitrogens with zero attached hydrogens (tertiary/aromatic N) is 2. The molecule has 0 bridgehead atoms. The molecule has 1 aliphatic carbocycles. The van der Waals surface area contributed by atoms with E-state index < -0.39 is 0 Å². The third-order valence-corrected chi connectivity index (χ3v) is 3.84. The molecule has 1 aromatic heterocycles. The Morgan fingerprint density at radius 2 is 2.06 bits per heavy atom. The van der Waals surface area contributed by atoms with Crippen LogP contribution in [0.15, 0.2) is 6.20 Å². The third-order valence-electron chi connectivity index (χ3n) is 3.84. The summed E-state index contributed by atoms with van der Waals surface area (Å²) in [6.45, 7) is 8.83. The maximum Gasteiger partial charge on any atom is 0.203 e. The van der Waals surface area contributed by atoms with Gasteiger partial charge < -0.3 is 9.88 Å². The molecule has 0 saturated heterocycles. The molecule has 3 heteroatoms. The lowest BCUT2D eigenvalue weighted by atomic mass is 9.86. The minimum absolute atomic E-state index is 0.470. The van der Waals surface area contributed by atoms with E-state index in [2.05, 4.69) is 48.8 Å². The Balaban J connectivity index is 2.11. The van der Waals surface area contributed by atoms with Gasteiger partial charge in [-0.2, -0.15) is 0 Å². The predicted octanol–water partition coefficient (Wildman–Crippen LogP) is 3.76. The minimum atomic E-state index is 0.470. The van der Waals surface area contributed by atoms with Crippen molar-refractivity contribution >= 4 is 5.95 Å². The van der Waals surface area contributed by atoms with Gasteiger partial charge in [0.1, 0.15) is 0 Å². The van der Waals surface area contributed by atoms with Crippen molar-refractivity contribution in [2.45, 2.75) is 65.5 Å². The quantitative estimate of drug-likeness (QED) is 0.864. The highest BCUT2D eigenvalue weighted by Crippen LogP contribution is 2.27. The van der Waals surface area contributed by atoms with E-state index in [1.54, 1.807) is 0 Å². The molecule has 96 valence electrons. The molecule has 0 radical (unpaired) electrons. The number of nitrogens with one attached hydrogen (secondary N) is 1. The Kier molecular flexibility index (Phi) is 3.75. The second-order valence-corrected chi connectivity index (χ2v) is 5.72. The van der Waals surface area contributed by atoms with Gasteiger partial charge in [-0.15, -0.1) is 0 Å². The monoisotopic (exact) mass is 235 g/mol. The van der Waals surface area contributed by atoms with E-state index in [0.717, 1.165) is 17.6 Å². The SMILES string of the molecule is Cc1cn(C(C)C)c(NC2CCCCC2C)n1. The number of aromatic nitrogens is 2. The zero-order valence-electron chi connectivity index (χ0n) is 11.5. The molecule has 1 heterocycles. The van der Waals surface area contributed by atoms with Gasteiger partial charge in [0.05, 0.1) is 5.69 Å². The molecule has 2 atom stereocenters. The van der Waals surface area contributed by atoms with Crippen LogP contribution in [-0.2, 0) is 0 Å². The van der Waals surface area contributed by atoms with Crippen LogP contribution in [-0.4, -0.2) is 15.6 Å². The first-order valence-corrected chi connectivity index (χ1v) is 6.90. The highest BCUT2D eigenvalue weighted by molar-refractivity contribution is 5.31.